The number of methoxy groups -OCH3 is 1. The largest absolute Gasteiger partial charge is 0.467 e. The number of nitrogens with zero attached hydrogens (tertiary/aromatic N) is 2. The van der Waals surface area contributed by atoms with Crippen molar-refractivity contribution in [1.29, 1.82) is 0 Å². The van der Waals surface area contributed by atoms with Gasteiger partial charge in [-0.2, -0.15) is 0 Å². The van der Waals surface area contributed by atoms with Gasteiger partial charge in [-0.05, 0) is 6.92 Å². The Labute approximate surface area is 123 Å². The van der Waals surface area contributed by atoms with Crippen molar-refractivity contribution in [3.05, 3.63) is 36.4 Å². The minimum Gasteiger partial charge on any atom is -0.467 e. The van der Waals surface area contributed by atoms with E-state index in [1.54, 1.807) is 20.0 Å². The summed E-state index contributed by atoms with van der Waals surface area (Å²) in [5.74, 6) is 1.47. The fraction of sp³-hybridized carbons (Fsp3) is 0.267. The van der Waals surface area contributed by atoms with Crippen LogP contribution in [0.4, 0.5) is 11.6 Å². The number of esters is 1. The average Bonchev–Trinajstić information content (AvgIpc) is 2.54. The SMILES string of the molecule is CNc1cc(NC(C)C(=O)OC)nc(-c2ccccc2)n1. The van der Waals surface area contributed by atoms with Crippen molar-refractivity contribution >= 4 is 17.6 Å². The number of aromatic nitrogens is 2. The number of hydrogen-bond acceptors (Lipinski definition) is 6. The van der Waals surface area contributed by atoms with Crippen LogP contribution in [0.25, 0.3) is 11.4 Å². The fourth-order valence-electron chi connectivity index (χ4n) is 1.82. The number of carbonyl (C=O) groups is 1. The van der Waals surface area contributed by atoms with E-state index in [9.17, 15) is 4.79 Å². The van der Waals surface area contributed by atoms with Crippen LogP contribution in [0.2, 0.25) is 0 Å². The highest BCUT2D eigenvalue weighted by Gasteiger charge is 2.14. The van der Waals surface area contributed by atoms with Crippen LogP contribution in [0.15, 0.2) is 36.4 Å². The molecule has 0 saturated carbocycles. The van der Waals surface area contributed by atoms with Crippen LogP contribution >= 0.6 is 0 Å². The summed E-state index contributed by atoms with van der Waals surface area (Å²) in [6, 6.07) is 10.9. The Hall–Kier alpha value is -2.63. The van der Waals surface area contributed by atoms with Gasteiger partial charge in [-0.3, -0.25) is 0 Å². The molecular weight excluding hydrogens is 268 g/mol. The second kappa shape index (κ2) is 6.69. The molecule has 110 valence electrons. The molecule has 6 nitrogen and oxygen atoms in total. The number of rotatable bonds is 5. The highest BCUT2D eigenvalue weighted by Crippen LogP contribution is 2.20. The molecule has 1 aromatic carbocycles. The monoisotopic (exact) mass is 286 g/mol. The third-order valence-corrected chi connectivity index (χ3v) is 2.93. The van der Waals surface area contributed by atoms with Crippen molar-refractivity contribution in [2.24, 2.45) is 0 Å². The van der Waals surface area contributed by atoms with Crippen LogP contribution in [-0.2, 0) is 9.53 Å². The molecule has 0 spiro atoms. The topological polar surface area (TPSA) is 76.1 Å². The van der Waals surface area contributed by atoms with Gasteiger partial charge in [0.05, 0.1) is 7.11 Å². The zero-order valence-electron chi connectivity index (χ0n) is 12.3. The normalized spacial score (nSPS) is 11.6. The van der Waals surface area contributed by atoms with Crippen molar-refractivity contribution in [1.82, 2.24) is 9.97 Å². The van der Waals surface area contributed by atoms with Gasteiger partial charge in [0.15, 0.2) is 5.82 Å². The summed E-state index contributed by atoms with van der Waals surface area (Å²) in [6.07, 6.45) is 0. The van der Waals surface area contributed by atoms with E-state index in [-0.39, 0.29) is 5.97 Å². The maximum atomic E-state index is 11.5. The molecule has 1 atom stereocenters. The van der Waals surface area contributed by atoms with Gasteiger partial charge in [-0.25, -0.2) is 14.8 Å². The molecule has 0 amide bonds. The quantitative estimate of drug-likeness (QED) is 0.820. The van der Waals surface area contributed by atoms with Gasteiger partial charge >= 0.3 is 5.97 Å². The first-order valence-electron chi connectivity index (χ1n) is 6.60. The number of benzene rings is 1. The number of ether oxygens (including phenoxy) is 1. The van der Waals surface area contributed by atoms with Crippen LogP contribution in [0.5, 0.6) is 0 Å². The Bertz CT molecular complexity index is 616. The van der Waals surface area contributed by atoms with Crippen molar-refractivity contribution < 1.29 is 9.53 Å². The molecule has 0 radical (unpaired) electrons. The third-order valence-electron chi connectivity index (χ3n) is 2.93. The van der Waals surface area contributed by atoms with Crippen molar-refractivity contribution in [2.45, 2.75) is 13.0 Å². The van der Waals surface area contributed by atoms with Gasteiger partial charge in [0.1, 0.15) is 17.7 Å². The molecule has 0 bridgehead atoms. The Morgan fingerprint density at radius 3 is 2.48 bits per heavy atom. The van der Waals surface area contributed by atoms with Gasteiger partial charge in [0.25, 0.3) is 0 Å². The van der Waals surface area contributed by atoms with Crippen LogP contribution in [0.1, 0.15) is 6.92 Å². The van der Waals surface area contributed by atoms with E-state index in [0.29, 0.717) is 17.5 Å². The molecule has 1 aromatic heterocycles. The lowest BCUT2D eigenvalue weighted by Gasteiger charge is -2.14. The van der Waals surface area contributed by atoms with Crippen LogP contribution in [0.3, 0.4) is 0 Å². The first kappa shape index (κ1) is 14.8. The summed E-state index contributed by atoms with van der Waals surface area (Å²) in [4.78, 5) is 20.3. The first-order valence-corrected chi connectivity index (χ1v) is 6.60. The standard InChI is InChI=1S/C15H18N4O2/c1-10(15(20)21-3)17-13-9-12(16-2)18-14(19-13)11-7-5-4-6-8-11/h4-10H,1-3H3,(H2,16,17,18,19). The van der Waals surface area contributed by atoms with Gasteiger partial charge in [0, 0.05) is 18.7 Å². The summed E-state index contributed by atoms with van der Waals surface area (Å²) < 4.78 is 4.70. The van der Waals surface area contributed by atoms with E-state index in [2.05, 4.69) is 20.6 Å². The minimum atomic E-state index is -0.488. The van der Waals surface area contributed by atoms with Crippen LogP contribution in [0, 0.1) is 0 Å². The second-order valence-electron chi connectivity index (χ2n) is 4.47. The maximum Gasteiger partial charge on any atom is 0.328 e. The summed E-state index contributed by atoms with van der Waals surface area (Å²) in [5, 5.41) is 6.00. The van der Waals surface area contributed by atoms with Gasteiger partial charge < -0.3 is 15.4 Å². The Balaban J connectivity index is 2.32. The predicted molar refractivity (Wildman–Crippen MR) is 82.1 cm³/mol. The molecule has 6 heteroatoms. The predicted octanol–water partition coefficient (Wildman–Crippen LogP) is 2.16. The smallest absolute Gasteiger partial charge is 0.328 e. The molecule has 1 unspecified atom stereocenters. The molecule has 0 fully saturated rings. The minimum absolute atomic E-state index is 0.346. The molecule has 0 aliphatic rings. The number of anilines is 2. The molecule has 2 rings (SSSR count). The first-order chi connectivity index (χ1) is 10.1. The highest BCUT2D eigenvalue weighted by molar-refractivity contribution is 5.78. The van der Waals surface area contributed by atoms with E-state index in [1.807, 2.05) is 30.3 Å². The molecule has 0 aliphatic heterocycles. The Kier molecular flexibility index (Phi) is 4.71. The molecule has 0 aliphatic carbocycles. The molecule has 21 heavy (non-hydrogen) atoms. The van der Waals surface area contributed by atoms with Crippen molar-refractivity contribution in [3.8, 4) is 11.4 Å². The van der Waals surface area contributed by atoms with Gasteiger partial charge in [-0.1, -0.05) is 30.3 Å². The van der Waals surface area contributed by atoms with Crippen LogP contribution < -0.4 is 10.6 Å². The average molecular weight is 286 g/mol. The summed E-state index contributed by atoms with van der Waals surface area (Å²) in [6.45, 7) is 1.72. The Morgan fingerprint density at radius 2 is 1.86 bits per heavy atom. The van der Waals surface area contributed by atoms with E-state index in [1.165, 1.54) is 7.11 Å². The summed E-state index contributed by atoms with van der Waals surface area (Å²) in [7, 11) is 3.14. The lowest BCUT2D eigenvalue weighted by atomic mass is 10.2. The van der Waals surface area contributed by atoms with E-state index >= 15 is 0 Å². The second-order valence-corrected chi connectivity index (χ2v) is 4.47. The van der Waals surface area contributed by atoms with Crippen molar-refractivity contribution in [2.75, 3.05) is 24.8 Å². The summed E-state index contributed by atoms with van der Waals surface area (Å²) in [5.41, 5.74) is 0.906. The van der Waals surface area contributed by atoms with Gasteiger partial charge in [0.2, 0.25) is 0 Å². The Morgan fingerprint density at radius 1 is 1.19 bits per heavy atom. The maximum absolute atomic E-state index is 11.5. The fourth-order valence-corrected chi connectivity index (χ4v) is 1.82. The molecule has 1 heterocycles. The van der Waals surface area contributed by atoms with E-state index in [0.717, 1.165) is 5.56 Å². The number of carbonyl (C=O) groups excluding carboxylic acids is 1. The van der Waals surface area contributed by atoms with E-state index in [4.69, 9.17) is 4.74 Å². The van der Waals surface area contributed by atoms with Crippen LogP contribution in [-0.4, -0.2) is 36.1 Å². The van der Waals surface area contributed by atoms with E-state index < -0.39 is 6.04 Å². The zero-order chi connectivity index (χ0) is 15.2. The molecule has 2 aromatic rings. The zero-order valence-corrected chi connectivity index (χ0v) is 12.3. The lowest BCUT2D eigenvalue weighted by Crippen LogP contribution is -2.27. The van der Waals surface area contributed by atoms with Crippen molar-refractivity contribution in [3.63, 3.8) is 0 Å². The molecule has 2 N–H and O–H groups in total. The van der Waals surface area contributed by atoms with Gasteiger partial charge in [-0.15, -0.1) is 0 Å². The molecular formula is C15H18N4O2. The number of hydrogen-bond donors (Lipinski definition) is 2. The number of nitrogens with one attached hydrogen (secondary N) is 2. The highest BCUT2D eigenvalue weighted by atomic mass is 16.5. The third kappa shape index (κ3) is 3.68. The summed E-state index contributed by atoms with van der Waals surface area (Å²) >= 11 is 0. The molecule has 0 saturated heterocycles. The lowest BCUT2D eigenvalue weighted by molar-refractivity contribution is -0.141.